The summed E-state index contributed by atoms with van der Waals surface area (Å²) in [4.78, 5) is 3.12. The van der Waals surface area contributed by atoms with Gasteiger partial charge in [-0.1, -0.05) is 26.1 Å². The molecule has 1 aliphatic rings. The van der Waals surface area contributed by atoms with Gasteiger partial charge in [0.15, 0.2) is 0 Å². The van der Waals surface area contributed by atoms with Crippen LogP contribution in [0.5, 0.6) is 0 Å². The summed E-state index contributed by atoms with van der Waals surface area (Å²) in [6.07, 6.45) is 4.40. The van der Waals surface area contributed by atoms with E-state index in [1.165, 1.54) is 13.0 Å². The summed E-state index contributed by atoms with van der Waals surface area (Å²) < 4.78 is 0. The van der Waals surface area contributed by atoms with Gasteiger partial charge in [0.1, 0.15) is 0 Å². The lowest BCUT2D eigenvalue weighted by molar-refractivity contribution is 0.248. The zero-order chi connectivity index (χ0) is 12.9. The zero-order valence-electron chi connectivity index (χ0n) is 11.1. The number of aliphatic hydroxyl groups excluding tert-OH is 1. The summed E-state index contributed by atoms with van der Waals surface area (Å²) in [7, 11) is 0. The lowest BCUT2D eigenvalue weighted by Gasteiger charge is -2.24. The van der Waals surface area contributed by atoms with Gasteiger partial charge in [-0.25, -0.2) is 0 Å². The van der Waals surface area contributed by atoms with Crippen LogP contribution in [0.15, 0.2) is 0 Å². The van der Waals surface area contributed by atoms with Crippen molar-refractivity contribution in [2.45, 2.75) is 39.5 Å². The van der Waals surface area contributed by atoms with Crippen LogP contribution in [0.1, 0.15) is 39.5 Å². The van der Waals surface area contributed by atoms with Gasteiger partial charge in [0.2, 0.25) is 0 Å². The Kier molecular flexibility index (Phi) is 5.83. The predicted molar refractivity (Wildman–Crippen MR) is 76.1 cm³/mol. The molecule has 0 bridgehead atoms. The van der Waals surface area contributed by atoms with E-state index in [0.717, 1.165) is 32.4 Å². The summed E-state index contributed by atoms with van der Waals surface area (Å²) in [5, 5.41) is 8.91. The van der Waals surface area contributed by atoms with E-state index in [1.54, 1.807) is 0 Å². The Morgan fingerprint density at radius 1 is 1.53 bits per heavy atom. The van der Waals surface area contributed by atoms with Gasteiger partial charge < -0.3 is 15.7 Å². The quantitative estimate of drug-likeness (QED) is 0.684. The molecule has 0 aliphatic carbocycles. The summed E-state index contributed by atoms with van der Waals surface area (Å²) in [5.41, 5.74) is 5.70. The standard InChI is InChI=1S/C13H26N2OS/c1-13(2,12(14)17)6-3-7-15-8-4-11(10-15)5-9-16/h11,16H,3-10H2,1-2H3,(H2,14,17). The lowest BCUT2D eigenvalue weighted by Crippen LogP contribution is -2.31. The molecule has 1 heterocycles. The van der Waals surface area contributed by atoms with Crippen molar-refractivity contribution >= 4 is 17.2 Å². The van der Waals surface area contributed by atoms with E-state index < -0.39 is 0 Å². The third-order valence-electron chi connectivity index (χ3n) is 3.85. The molecule has 1 saturated heterocycles. The number of thiocarbonyl (C=S) groups is 1. The summed E-state index contributed by atoms with van der Waals surface area (Å²) in [5.74, 6) is 0.698. The molecule has 100 valence electrons. The number of likely N-dealkylation sites (tertiary alicyclic amines) is 1. The number of rotatable bonds is 7. The minimum absolute atomic E-state index is 0.0143. The number of hydrogen-bond donors (Lipinski definition) is 2. The summed E-state index contributed by atoms with van der Waals surface area (Å²) in [6.45, 7) is 8.02. The molecular weight excluding hydrogens is 232 g/mol. The number of nitrogens with two attached hydrogens (primary N) is 1. The minimum atomic E-state index is -0.0143. The highest BCUT2D eigenvalue weighted by molar-refractivity contribution is 7.80. The first-order valence-electron chi connectivity index (χ1n) is 6.59. The molecule has 1 atom stereocenters. The van der Waals surface area contributed by atoms with E-state index in [2.05, 4.69) is 18.7 Å². The zero-order valence-corrected chi connectivity index (χ0v) is 11.9. The molecule has 1 rings (SSSR count). The van der Waals surface area contributed by atoms with Gasteiger partial charge in [0.25, 0.3) is 0 Å². The monoisotopic (exact) mass is 258 g/mol. The molecule has 3 N–H and O–H groups in total. The largest absolute Gasteiger partial charge is 0.396 e. The Morgan fingerprint density at radius 2 is 2.24 bits per heavy atom. The van der Waals surface area contributed by atoms with Crippen molar-refractivity contribution in [2.75, 3.05) is 26.2 Å². The number of aliphatic hydroxyl groups is 1. The van der Waals surface area contributed by atoms with Gasteiger partial charge in [-0.3, -0.25) is 0 Å². The van der Waals surface area contributed by atoms with Crippen LogP contribution in [0, 0.1) is 11.3 Å². The first-order valence-corrected chi connectivity index (χ1v) is 6.99. The molecule has 1 aliphatic heterocycles. The van der Waals surface area contributed by atoms with E-state index in [4.69, 9.17) is 23.1 Å². The van der Waals surface area contributed by atoms with Gasteiger partial charge in [0, 0.05) is 18.6 Å². The Labute approximate surface area is 110 Å². The first kappa shape index (κ1) is 14.9. The maximum absolute atomic E-state index is 8.91. The fourth-order valence-corrected chi connectivity index (χ4v) is 2.50. The topological polar surface area (TPSA) is 49.5 Å². The van der Waals surface area contributed by atoms with Gasteiger partial charge >= 0.3 is 0 Å². The van der Waals surface area contributed by atoms with Crippen LogP contribution >= 0.6 is 12.2 Å². The van der Waals surface area contributed by atoms with Crippen LogP contribution in [0.4, 0.5) is 0 Å². The molecule has 0 spiro atoms. The molecule has 0 aromatic rings. The molecule has 1 unspecified atom stereocenters. The smallest absolute Gasteiger partial charge is 0.0784 e. The molecule has 4 heteroatoms. The van der Waals surface area contributed by atoms with Crippen molar-refractivity contribution in [2.24, 2.45) is 17.1 Å². The second-order valence-corrected chi connectivity index (χ2v) is 6.26. The number of nitrogens with zero attached hydrogens (tertiary/aromatic N) is 1. The Hall–Kier alpha value is -0.190. The fraction of sp³-hybridized carbons (Fsp3) is 0.923. The van der Waals surface area contributed by atoms with Gasteiger partial charge in [-0.05, 0) is 44.7 Å². The minimum Gasteiger partial charge on any atom is -0.396 e. The van der Waals surface area contributed by atoms with E-state index >= 15 is 0 Å². The van der Waals surface area contributed by atoms with Crippen molar-refractivity contribution in [1.29, 1.82) is 0 Å². The summed E-state index contributed by atoms with van der Waals surface area (Å²) in [6, 6.07) is 0. The van der Waals surface area contributed by atoms with Crippen molar-refractivity contribution in [3.8, 4) is 0 Å². The average Bonchev–Trinajstić information content (AvgIpc) is 2.66. The molecule has 1 fully saturated rings. The van der Waals surface area contributed by atoms with Crippen LogP contribution in [-0.4, -0.2) is 41.2 Å². The van der Waals surface area contributed by atoms with Gasteiger partial charge in [-0.2, -0.15) is 0 Å². The maximum Gasteiger partial charge on any atom is 0.0784 e. The van der Waals surface area contributed by atoms with Crippen LogP contribution in [0.3, 0.4) is 0 Å². The molecule has 0 radical (unpaired) electrons. The lowest BCUT2D eigenvalue weighted by atomic mass is 9.88. The Balaban J connectivity index is 2.18. The van der Waals surface area contributed by atoms with Crippen LogP contribution in [0.25, 0.3) is 0 Å². The Morgan fingerprint density at radius 3 is 2.82 bits per heavy atom. The van der Waals surface area contributed by atoms with Crippen molar-refractivity contribution in [1.82, 2.24) is 4.90 Å². The Bertz CT molecular complexity index is 256. The molecule has 17 heavy (non-hydrogen) atoms. The number of hydrogen-bond acceptors (Lipinski definition) is 3. The highest BCUT2D eigenvalue weighted by Gasteiger charge is 2.24. The third-order valence-corrected chi connectivity index (χ3v) is 4.40. The second-order valence-electron chi connectivity index (χ2n) is 5.82. The fourth-order valence-electron chi connectivity index (χ4n) is 2.40. The van der Waals surface area contributed by atoms with Crippen molar-refractivity contribution in [3.05, 3.63) is 0 Å². The first-order chi connectivity index (χ1) is 7.95. The third kappa shape index (κ3) is 4.90. The molecular formula is C13H26N2OS. The highest BCUT2D eigenvalue weighted by atomic mass is 32.1. The summed E-state index contributed by atoms with van der Waals surface area (Å²) >= 11 is 5.07. The molecule has 0 saturated carbocycles. The van der Waals surface area contributed by atoms with Gasteiger partial charge in [0.05, 0.1) is 4.99 Å². The van der Waals surface area contributed by atoms with Crippen molar-refractivity contribution in [3.63, 3.8) is 0 Å². The van der Waals surface area contributed by atoms with E-state index in [0.29, 0.717) is 17.5 Å². The highest BCUT2D eigenvalue weighted by Crippen LogP contribution is 2.24. The van der Waals surface area contributed by atoms with Crippen LogP contribution in [-0.2, 0) is 0 Å². The molecule has 0 aromatic heterocycles. The predicted octanol–water partition coefficient (Wildman–Crippen LogP) is 1.78. The molecule has 3 nitrogen and oxygen atoms in total. The normalized spacial score (nSPS) is 21.9. The van der Waals surface area contributed by atoms with Crippen LogP contribution in [0.2, 0.25) is 0 Å². The second kappa shape index (κ2) is 6.66. The van der Waals surface area contributed by atoms with Gasteiger partial charge in [-0.15, -0.1) is 0 Å². The van der Waals surface area contributed by atoms with Crippen molar-refractivity contribution < 1.29 is 5.11 Å². The average molecular weight is 258 g/mol. The molecule has 0 amide bonds. The van der Waals surface area contributed by atoms with E-state index in [-0.39, 0.29) is 5.41 Å². The van der Waals surface area contributed by atoms with Crippen LogP contribution < -0.4 is 5.73 Å². The van der Waals surface area contributed by atoms with E-state index in [1.807, 2.05) is 0 Å². The molecule has 0 aromatic carbocycles. The maximum atomic E-state index is 8.91. The van der Waals surface area contributed by atoms with E-state index in [9.17, 15) is 0 Å². The SMILES string of the molecule is CC(C)(CCCN1CCC(CCO)C1)C(N)=S.